The lowest BCUT2D eigenvalue weighted by Gasteiger charge is -1.99. The van der Waals surface area contributed by atoms with Crippen molar-refractivity contribution in [2.45, 2.75) is 12.8 Å². The van der Waals surface area contributed by atoms with E-state index in [1.54, 1.807) is 0 Å². The lowest BCUT2D eigenvalue weighted by molar-refractivity contribution is -0.116. The molecule has 4 N–H and O–H groups in total. The van der Waals surface area contributed by atoms with E-state index in [0.717, 1.165) is 11.0 Å². The molecule has 0 aliphatic carbocycles. The molecule has 2 aromatic rings. The van der Waals surface area contributed by atoms with Crippen LogP contribution < -0.4 is 11.1 Å². The Hall–Kier alpha value is -1.59. The summed E-state index contributed by atoms with van der Waals surface area (Å²) in [6.07, 6.45) is 1.11. The molecular formula is C11H15ClN4O. The zero-order chi connectivity index (χ0) is 11.4. The van der Waals surface area contributed by atoms with Gasteiger partial charge in [0, 0.05) is 6.42 Å². The van der Waals surface area contributed by atoms with Gasteiger partial charge in [0.15, 0.2) is 0 Å². The van der Waals surface area contributed by atoms with Crippen LogP contribution in [0.15, 0.2) is 24.3 Å². The lowest BCUT2D eigenvalue weighted by Crippen LogP contribution is -2.14. The number of carbonyl (C=O) groups is 1. The van der Waals surface area contributed by atoms with Crippen molar-refractivity contribution in [2.75, 3.05) is 11.9 Å². The van der Waals surface area contributed by atoms with Crippen LogP contribution in [0.5, 0.6) is 0 Å². The summed E-state index contributed by atoms with van der Waals surface area (Å²) in [7, 11) is 0. The van der Waals surface area contributed by atoms with E-state index in [9.17, 15) is 4.79 Å². The molecule has 1 amide bonds. The van der Waals surface area contributed by atoms with Crippen molar-refractivity contribution >= 4 is 35.3 Å². The minimum atomic E-state index is -0.0653. The van der Waals surface area contributed by atoms with Crippen molar-refractivity contribution in [3.63, 3.8) is 0 Å². The number of nitrogens with two attached hydrogens (primary N) is 1. The first kappa shape index (κ1) is 13.5. The molecule has 0 atom stereocenters. The number of hydrogen-bond donors (Lipinski definition) is 3. The third-order valence-corrected chi connectivity index (χ3v) is 2.26. The standard InChI is InChI=1S/C11H14N4O.ClH/c12-7-3-6-10(16)15-11-13-8-4-1-2-5-9(8)14-11;/h1-2,4-5H,3,6-7,12H2,(H2,13,14,15,16);1H. The molecule has 0 spiro atoms. The fraction of sp³-hybridized carbons (Fsp3) is 0.273. The minimum absolute atomic E-state index is 0. The first-order chi connectivity index (χ1) is 7.79. The smallest absolute Gasteiger partial charge is 0.226 e. The molecule has 0 aliphatic heterocycles. The maximum absolute atomic E-state index is 11.4. The number of aromatic nitrogens is 2. The van der Waals surface area contributed by atoms with Gasteiger partial charge in [-0.2, -0.15) is 0 Å². The molecule has 1 aromatic heterocycles. The monoisotopic (exact) mass is 254 g/mol. The van der Waals surface area contributed by atoms with Gasteiger partial charge in [0.05, 0.1) is 11.0 Å². The lowest BCUT2D eigenvalue weighted by atomic mass is 10.3. The van der Waals surface area contributed by atoms with Gasteiger partial charge in [-0.05, 0) is 25.1 Å². The number of anilines is 1. The maximum Gasteiger partial charge on any atom is 0.226 e. The van der Waals surface area contributed by atoms with Crippen molar-refractivity contribution < 1.29 is 4.79 Å². The predicted octanol–water partition coefficient (Wildman–Crippen LogP) is 1.66. The fourth-order valence-corrected chi connectivity index (χ4v) is 1.47. The van der Waals surface area contributed by atoms with E-state index in [1.807, 2.05) is 24.3 Å². The van der Waals surface area contributed by atoms with Crippen LogP contribution in [0.4, 0.5) is 5.95 Å². The second kappa shape index (κ2) is 6.22. The van der Waals surface area contributed by atoms with E-state index in [2.05, 4.69) is 15.3 Å². The summed E-state index contributed by atoms with van der Waals surface area (Å²) in [5.74, 6) is 0.424. The Morgan fingerprint density at radius 2 is 2.18 bits per heavy atom. The Balaban J connectivity index is 0.00000144. The average molecular weight is 255 g/mol. The highest BCUT2D eigenvalue weighted by molar-refractivity contribution is 5.90. The highest BCUT2D eigenvalue weighted by Gasteiger charge is 2.05. The Morgan fingerprint density at radius 1 is 1.41 bits per heavy atom. The van der Waals surface area contributed by atoms with Gasteiger partial charge in [0.25, 0.3) is 0 Å². The number of halogens is 1. The van der Waals surface area contributed by atoms with E-state index < -0.39 is 0 Å². The quantitative estimate of drug-likeness (QED) is 0.776. The molecule has 0 unspecified atom stereocenters. The molecule has 0 bridgehead atoms. The fourth-order valence-electron chi connectivity index (χ4n) is 1.47. The number of aromatic amines is 1. The minimum Gasteiger partial charge on any atom is -0.330 e. The number of nitrogens with one attached hydrogen (secondary N) is 2. The van der Waals surface area contributed by atoms with Crippen LogP contribution in [-0.4, -0.2) is 22.4 Å². The van der Waals surface area contributed by atoms with Crippen LogP contribution in [0.1, 0.15) is 12.8 Å². The van der Waals surface area contributed by atoms with Gasteiger partial charge in [0.2, 0.25) is 11.9 Å². The molecule has 17 heavy (non-hydrogen) atoms. The SMILES string of the molecule is Cl.NCCCC(=O)Nc1nc2ccccc2[nH]1. The summed E-state index contributed by atoms with van der Waals surface area (Å²) in [6.45, 7) is 0.521. The van der Waals surface area contributed by atoms with Crippen LogP contribution >= 0.6 is 12.4 Å². The highest BCUT2D eigenvalue weighted by Crippen LogP contribution is 2.13. The molecular weight excluding hydrogens is 240 g/mol. The van der Waals surface area contributed by atoms with Crippen molar-refractivity contribution in [3.8, 4) is 0 Å². The van der Waals surface area contributed by atoms with Gasteiger partial charge in [-0.25, -0.2) is 4.98 Å². The van der Waals surface area contributed by atoms with Crippen molar-refractivity contribution in [3.05, 3.63) is 24.3 Å². The van der Waals surface area contributed by atoms with Crippen LogP contribution in [0.25, 0.3) is 11.0 Å². The number of carbonyl (C=O) groups excluding carboxylic acids is 1. The summed E-state index contributed by atoms with van der Waals surface area (Å²) in [6, 6.07) is 7.63. The normalized spacial score (nSPS) is 9.94. The van der Waals surface area contributed by atoms with Gasteiger partial charge in [-0.15, -0.1) is 12.4 Å². The van der Waals surface area contributed by atoms with E-state index in [4.69, 9.17) is 5.73 Å². The predicted molar refractivity (Wildman–Crippen MR) is 70.3 cm³/mol. The van der Waals surface area contributed by atoms with Gasteiger partial charge in [-0.3, -0.25) is 10.1 Å². The Bertz CT molecular complexity index is 464. The summed E-state index contributed by atoms with van der Waals surface area (Å²) >= 11 is 0. The third kappa shape index (κ3) is 3.44. The van der Waals surface area contributed by atoms with Gasteiger partial charge < -0.3 is 10.7 Å². The van der Waals surface area contributed by atoms with Crippen LogP contribution in [0.2, 0.25) is 0 Å². The summed E-state index contributed by atoms with van der Waals surface area (Å²) in [5.41, 5.74) is 7.09. The van der Waals surface area contributed by atoms with Crippen LogP contribution in [0.3, 0.4) is 0 Å². The number of H-pyrrole nitrogens is 1. The first-order valence-corrected chi connectivity index (χ1v) is 5.24. The molecule has 1 aromatic carbocycles. The second-order valence-corrected chi connectivity index (χ2v) is 3.54. The van der Waals surface area contributed by atoms with Gasteiger partial charge in [0.1, 0.15) is 0 Å². The van der Waals surface area contributed by atoms with Gasteiger partial charge >= 0.3 is 0 Å². The topological polar surface area (TPSA) is 83.8 Å². The molecule has 0 saturated heterocycles. The molecule has 92 valence electrons. The molecule has 0 saturated carbocycles. The molecule has 2 rings (SSSR count). The summed E-state index contributed by atoms with van der Waals surface area (Å²) in [5, 5.41) is 2.70. The number of fused-ring (bicyclic) bond motifs is 1. The molecule has 1 heterocycles. The Labute approximate surface area is 105 Å². The third-order valence-electron chi connectivity index (χ3n) is 2.26. The van der Waals surface area contributed by atoms with E-state index in [0.29, 0.717) is 25.3 Å². The number of hydrogen-bond acceptors (Lipinski definition) is 3. The van der Waals surface area contributed by atoms with Crippen molar-refractivity contribution in [1.29, 1.82) is 0 Å². The van der Waals surface area contributed by atoms with Crippen molar-refractivity contribution in [1.82, 2.24) is 9.97 Å². The number of imidazole rings is 1. The first-order valence-electron chi connectivity index (χ1n) is 5.24. The van der Waals surface area contributed by atoms with Crippen molar-refractivity contribution in [2.24, 2.45) is 5.73 Å². The molecule has 0 fully saturated rings. The average Bonchev–Trinajstić information content (AvgIpc) is 2.68. The number of nitrogens with zero attached hydrogens (tertiary/aromatic N) is 1. The van der Waals surface area contributed by atoms with Gasteiger partial charge in [-0.1, -0.05) is 12.1 Å². The molecule has 6 heteroatoms. The highest BCUT2D eigenvalue weighted by atomic mass is 35.5. The van der Waals surface area contributed by atoms with E-state index in [-0.39, 0.29) is 18.3 Å². The molecule has 5 nitrogen and oxygen atoms in total. The second-order valence-electron chi connectivity index (χ2n) is 3.54. The number of para-hydroxylation sites is 2. The van der Waals surface area contributed by atoms with Crippen LogP contribution in [0, 0.1) is 0 Å². The Kier molecular flexibility index (Phi) is 4.93. The Morgan fingerprint density at radius 3 is 2.88 bits per heavy atom. The summed E-state index contributed by atoms with van der Waals surface area (Å²) < 4.78 is 0. The maximum atomic E-state index is 11.4. The largest absolute Gasteiger partial charge is 0.330 e. The molecule has 0 radical (unpaired) electrons. The van der Waals surface area contributed by atoms with E-state index in [1.165, 1.54) is 0 Å². The zero-order valence-corrected chi connectivity index (χ0v) is 10.1. The summed E-state index contributed by atoms with van der Waals surface area (Å²) in [4.78, 5) is 18.7. The number of amides is 1. The molecule has 0 aliphatic rings. The number of rotatable bonds is 4. The zero-order valence-electron chi connectivity index (χ0n) is 9.27. The number of benzene rings is 1. The van der Waals surface area contributed by atoms with E-state index >= 15 is 0 Å². The van der Waals surface area contributed by atoms with Crippen LogP contribution in [-0.2, 0) is 4.79 Å².